The molecule has 0 amide bonds. The highest BCUT2D eigenvalue weighted by Gasteiger charge is 2.33. The minimum absolute atomic E-state index is 0.130. The van der Waals surface area contributed by atoms with Gasteiger partial charge in [0.15, 0.2) is 16.3 Å². The molecular weight excluding hydrogens is 602 g/mol. The number of para-hydroxylation sites is 1. The van der Waals surface area contributed by atoms with Crippen molar-refractivity contribution in [1.82, 2.24) is 4.57 Å². The van der Waals surface area contributed by atoms with Gasteiger partial charge in [-0.25, -0.2) is 14.2 Å². The molecule has 0 saturated carbocycles. The monoisotopic (exact) mass is 626 g/mol. The zero-order valence-electron chi connectivity index (χ0n) is 22.8. The highest BCUT2D eigenvalue weighted by atomic mass is 35.5. The molecule has 0 bridgehead atoms. The molecule has 5 rings (SSSR count). The zero-order valence-corrected chi connectivity index (χ0v) is 25.1. The van der Waals surface area contributed by atoms with Gasteiger partial charge in [-0.15, -0.1) is 0 Å². The molecule has 4 aromatic rings. The van der Waals surface area contributed by atoms with E-state index in [1.807, 2.05) is 0 Å². The standard InChI is InChI=1S/C31H25Cl2FN2O5S/c1-4-40-30(38)26-17(2)35-31-36(27(26)18-9-12-22(34)13-10-18)29(37)25(42-31)14-19-6-5-7-24(39-3)28(19)41-16-20-8-11-21(32)15-23(20)33/h5-15,27H,4,16H2,1-3H3/b25-14-/t27-/m1/s1. The maximum atomic E-state index is 14.0. The second-order valence-corrected chi connectivity index (χ2v) is 11.1. The number of carbonyl (C=O) groups excluding carboxylic acids is 1. The van der Waals surface area contributed by atoms with Crippen molar-refractivity contribution < 1.29 is 23.4 Å². The Morgan fingerprint density at radius 2 is 1.90 bits per heavy atom. The largest absolute Gasteiger partial charge is 0.493 e. The van der Waals surface area contributed by atoms with E-state index in [1.54, 1.807) is 68.5 Å². The second-order valence-electron chi connectivity index (χ2n) is 9.26. The van der Waals surface area contributed by atoms with Crippen LogP contribution in [0.5, 0.6) is 11.5 Å². The molecule has 7 nitrogen and oxygen atoms in total. The third kappa shape index (κ3) is 5.86. The number of methoxy groups -OCH3 is 1. The van der Waals surface area contributed by atoms with Crippen LogP contribution in [0.3, 0.4) is 0 Å². The molecule has 0 fully saturated rings. The highest BCUT2D eigenvalue weighted by molar-refractivity contribution is 7.07. The van der Waals surface area contributed by atoms with Gasteiger partial charge in [-0.2, -0.15) is 0 Å². The smallest absolute Gasteiger partial charge is 0.338 e. The van der Waals surface area contributed by atoms with Gasteiger partial charge in [-0.3, -0.25) is 9.36 Å². The Balaban J connectivity index is 1.63. The van der Waals surface area contributed by atoms with E-state index < -0.39 is 17.8 Å². The summed E-state index contributed by atoms with van der Waals surface area (Å²) in [6.07, 6.45) is 1.69. The minimum atomic E-state index is -0.851. The lowest BCUT2D eigenvalue weighted by atomic mass is 9.96. The average molecular weight is 628 g/mol. The summed E-state index contributed by atoms with van der Waals surface area (Å²) in [5.74, 6) is -0.150. The number of benzene rings is 3. The van der Waals surface area contributed by atoms with Gasteiger partial charge < -0.3 is 14.2 Å². The number of rotatable bonds is 8. The topological polar surface area (TPSA) is 79.1 Å². The Morgan fingerprint density at radius 1 is 1.14 bits per heavy atom. The van der Waals surface area contributed by atoms with Gasteiger partial charge in [0.05, 0.1) is 35.6 Å². The molecule has 3 aromatic carbocycles. The van der Waals surface area contributed by atoms with Crippen LogP contribution in [0.1, 0.15) is 36.6 Å². The SMILES string of the molecule is CCOC(=O)C1=C(C)N=c2s/c(=C\c3cccc(OC)c3OCc3ccc(Cl)cc3Cl)c(=O)n2[C@@H]1c1ccc(F)cc1. The predicted molar refractivity (Wildman–Crippen MR) is 161 cm³/mol. The average Bonchev–Trinajstić information content (AvgIpc) is 3.26. The Bertz CT molecular complexity index is 1880. The van der Waals surface area contributed by atoms with Crippen LogP contribution in [0.25, 0.3) is 6.08 Å². The van der Waals surface area contributed by atoms with Crippen LogP contribution in [-0.2, 0) is 16.1 Å². The van der Waals surface area contributed by atoms with Gasteiger partial charge >= 0.3 is 5.97 Å². The van der Waals surface area contributed by atoms with Crippen molar-refractivity contribution in [3.05, 3.63) is 124 Å². The van der Waals surface area contributed by atoms with Crippen LogP contribution in [-0.4, -0.2) is 24.3 Å². The van der Waals surface area contributed by atoms with Crippen LogP contribution in [0, 0.1) is 5.82 Å². The zero-order chi connectivity index (χ0) is 30.0. The first-order valence-corrected chi connectivity index (χ1v) is 14.5. The number of nitrogens with zero attached hydrogens (tertiary/aromatic N) is 2. The molecule has 0 unspecified atom stereocenters. The first kappa shape index (κ1) is 29.6. The number of hydrogen-bond acceptors (Lipinski definition) is 7. The number of carbonyl (C=O) groups is 1. The Labute approximate surface area is 254 Å². The summed E-state index contributed by atoms with van der Waals surface area (Å²) in [6.45, 7) is 3.67. The number of halogens is 3. The summed E-state index contributed by atoms with van der Waals surface area (Å²) in [4.78, 5) is 32.0. The third-order valence-corrected chi connectivity index (χ3v) is 8.18. The van der Waals surface area contributed by atoms with Crippen LogP contribution in [0.2, 0.25) is 10.0 Å². The van der Waals surface area contributed by atoms with E-state index in [9.17, 15) is 14.0 Å². The third-order valence-electron chi connectivity index (χ3n) is 6.61. The molecule has 0 radical (unpaired) electrons. The Morgan fingerprint density at radius 3 is 2.60 bits per heavy atom. The van der Waals surface area contributed by atoms with Crippen LogP contribution >= 0.6 is 34.5 Å². The van der Waals surface area contributed by atoms with Crippen molar-refractivity contribution in [2.45, 2.75) is 26.5 Å². The Kier molecular flexibility index (Phi) is 8.82. The van der Waals surface area contributed by atoms with Gasteiger partial charge in [-0.05, 0) is 55.8 Å². The summed E-state index contributed by atoms with van der Waals surface area (Å²) in [5, 5.41) is 0.971. The molecule has 1 aliphatic rings. The molecule has 11 heteroatoms. The van der Waals surface area contributed by atoms with Crippen molar-refractivity contribution in [2.75, 3.05) is 13.7 Å². The van der Waals surface area contributed by atoms with E-state index in [1.165, 1.54) is 35.1 Å². The van der Waals surface area contributed by atoms with Crippen molar-refractivity contribution in [1.29, 1.82) is 0 Å². The Hall–Kier alpha value is -3.92. The molecule has 42 heavy (non-hydrogen) atoms. The lowest BCUT2D eigenvalue weighted by molar-refractivity contribution is -0.139. The van der Waals surface area contributed by atoms with Gasteiger partial charge in [-0.1, -0.05) is 64.9 Å². The number of thiazole rings is 1. The van der Waals surface area contributed by atoms with Crippen LogP contribution in [0.4, 0.5) is 4.39 Å². The van der Waals surface area contributed by atoms with Crippen LogP contribution in [0.15, 0.2) is 81.7 Å². The predicted octanol–water partition coefficient (Wildman–Crippen LogP) is 5.83. The molecule has 1 aromatic heterocycles. The first-order valence-electron chi connectivity index (χ1n) is 12.9. The molecular formula is C31H25Cl2FN2O5S. The summed E-state index contributed by atoms with van der Waals surface area (Å²) < 4.78 is 32.6. The van der Waals surface area contributed by atoms with Crippen molar-refractivity contribution in [3.8, 4) is 11.5 Å². The summed E-state index contributed by atoms with van der Waals surface area (Å²) >= 11 is 13.5. The van der Waals surface area contributed by atoms with Crippen molar-refractivity contribution >= 4 is 46.6 Å². The van der Waals surface area contributed by atoms with Gasteiger partial charge in [0.25, 0.3) is 5.56 Å². The van der Waals surface area contributed by atoms with Crippen molar-refractivity contribution in [3.63, 3.8) is 0 Å². The quantitative estimate of drug-likeness (QED) is 0.230. The van der Waals surface area contributed by atoms with E-state index >= 15 is 0 Å². The second kappa shape index (κ2) is 12.5. The molecule has 0 aliphatic carbocycles. The molecule has 0 N–H and O–H groups in total. The lowest BCUT2D eigenvalue weighted by Gasteiger charge is -2.24. The summed E-state index contributed by atoms with van der Waals surface area (Å²) in [5.41, 5.74) is 2.11. The normalized spacial score (nSPS) is 14.8. The fraction of sp³-hybridized carbons (Fsp3) is 0.194. The van der Waals surface area contributed by atoms with E-state index in [0.717, 1.165) is 5.56 Å². The number of aromatic nitrogens is 1. The number of fused-ring (bicyclic) bond motifs is 1. The maximum absolute atomic E-state index is 14.0. The van der Waals surface area contributed by atoms with Gasteiger partial charge in [0.1, 0.15) is 12.4 Å². The molecule has 0 spiro atoms. The minimum Gasteiger partial charge on any atom is -0.493 e. The van der Waals surface area contributed by atoms with Crippen molar-refractivity contribution in [2.24, 2.45) is 4.99 Å². The van der Waals surface area contributed by atoms with Gasteiger partial charge in [0.2, 0.25) is 0 Å². The first-order chi connectivity index (χ1) is 20.2. The molecule has 1 aliphatic heterocycles. The maximum Gasteiger partial charge on any atom is 0.338 e. The summed E-state index contributed by atoms with van der Waals surface area (Å²) in [6, 6.07) is 15.3. The number of ether oxygens (including phenoxy) is 3. The van der Waals surface area contributed by atoms with E-state index in [0.29, 0.717) is 47.7 Å². The highest BCUT2D eigenvalue weighted by Crippen LogP contribution is 2.34. The number of allylic oxidation sites excluding steroid dienone is 1. The lowest BCUT2D eigenvalue weighted by Crippen LogP contribution is -2.39. The van der Waals surface area contributed by atoms with E-state index in [-0.39, 0.29) is 24.3 Å². The molecule has 2 heterocycles. The number of esters is 1. The molecule has 1 atom stereocenters. The van der Waals surface area contributed by atoms with Crippen LogP contribution < -0.4 is 24.4 Å². The number of hydrogen-bond donors (Lipinski definition) is 0. The van der Waals surface area contributed by atoms with E-state index in [4.69, 9.17) is 37.4 Å². The molecule has 0 saturated heterocycles. The van der Waals surface area contributed by atoms with Gasteiger partial charge in [0, 0.05) is 21.2 Å². The summed E-state index contributed by atoms with van der Waals surface area (Å²) in [7, 11) is 1.53. The fourth-order valence-corrected chi connectivity index (χ4v) is 6.14. The van der Waals surface area contributed by atoms with E-state index in [2.05, 4.69) is 4.99 Å². The molecule has 216 valence electrons. The fourth-order valence-electron chi connectivity index (χ4n) is 4.64.